The highest BCUT2D eigenvalue weighted by atomic mass is 79.9. The summed E-state index contributed by atoms with van der Waals surface area (Å²) in [5.74, 6) is 0.491. The summed E-state index contributed by atoms with van der Waals surface area (Å²) in [6.07, 6.45) is 1.34. The Bertz CT molecular complexity index is 1800. The van der Waals surface area contributed by atoms with E-state index in [1.807, 2.05) is 13.8 Å². The quantitative estimate of drug-likeness (QED) is 0.0646. The van der Waals surface area contributed by atoms with E-state index < -0.39 is 17.8 Å². The Morgan fingerprint density at radius 2 is 1.35 bits per heavy atom. The predicted molar refractivity (Wildman–Crippen MR) is 183 cm³/mol. The molecule has 0 aromatic heterocycles. The van der Waals surface area contributed by atoms with Crippen LogP contribution >= 0.6 is 15.9 Å². The van der Waals surface area contributed by atoms with Crippen molar-refractivity contribution in [3.05, 3.63) is 99.5 Å². The van der Waals surface area contributed by atoms with Crippen molar-refractivity contribution in [1.82, 2.24) is 5.43 Å². The number of hydrogen-bond donors (Lipinski definition) is 2. The molecule has 4 aromatic rings. The molecule has 2 amide bonds. The predicted octanol–water partition coefficient (Wildman–Crippen LogP) is 6.51. The summed E-state index contributed by atoms with van der Waals surface area (Å²) < 4.78 is 33.5. The largest absolute Gasteiger partial charge is 0.493 e. The summed E-state index contributed by atoms with van der Waals surface area (Å²) in [5, 5.41) is 6.85. The van der Waals surface area contributed by atoms with Crippen LogP contribution in [0.25, 0.3) is 0 Å². The van der Waals surface area contributed by atoms with Gasteiger partial charge in [0.25, 0.3) is 11.8 Å². The number of amides is 2. The Kier molecular flexibility index (Phi) is 12.4. The van der Waals surface area contributed by atoms with Gasteiger partial charge in [-0.05, 0) is 80.6 Å². The molecule has 0 aliphatic rings. The van der Waals surface area contributed by atoms with Crippen LogP contribution < -0.4 is 39.2 Å². The molecule has 4 aromatic carbocycles. The number of rotatable bonds is 14. The zero-order valence-electron chi connectivity index (χ0n) is 26.9. The molecular formula is C35H34BrN3O9. The van der Waals surface area contributed by atoms with E-state index in [1.54, 1.807) is 54.6 Å². The van der Waals surface area contributed by atoms with Crippen molar-refractivity contribution in [1.29, 1.82) is 0 Å². The highest BCUT2D eigenvalue weighted by Gasteiger charge is 2.20. The summed E-state index contributed by atoms with van der Waals surface area (Å²) in [6, 6.07) is 19.2. The summed E-state index contributed by atoms with van der Waals surface area (Å²) in [5.41, 5.74) is 4.02. The van der Waals surface area contributed by atoms with Gasteiger partial charge >= 0.3 is 5.97 Å². The molecule has 0 radical (unpaired) electrons. The minimum Gasteiger partial charge on any atom is -0.493 e. The number of carbonyl (C=O) groups excluding carboxylic acids is 3. The topological polar surface area (TPSA) is 143 Å². The van der Waals surface area contributed by atoms with Crippen LogP contribution in [0.2, 0.25) is 0 Å². The van der Waals surface area contributed by atoms with Gasteiger partial charge in [0.2, 0.25) is 5.75 Å². The Balaban J connectivity index is 1.45. The number of carbonyl (C=O) groups is 3. The first-order valence-electron chi connectivity index (χ1n) is 14.7. The second-order valence-electron chi connectivity index (χ2n) is 9.75. The second kappa shape index (κ2) is 16.8. The number of nitrogens with zero attached hydrogens (tertiary/aromatic N) is 1. The van der Waals surface area contributed by atoms with Gasteiger partial charge in [-0.1, -0.05) is 22.0 Å². The molecule has 2 N–H and O–H groups in total. The van der Waals surface area contributed by atoms with Gasteiger partial charge in [0.1, 0.15) is 5.75 Å². The average molecular weight is 721 g/mol. The zero-order valence-corrected chi connectivity index (χ0v) is 28.5. The molecule has 250 valence electrons. The van der Waals surface area contributed by atoms with E-state index in [0.717, 1.165) is 0 Å². The van der Waals surface area contributed by atoms with E-state index in [1.165, 1.54) is 45.7 Å². The third-order valence-corrected chi connectivity index (χ3v) is 7.13. The van der Waals surface area contributed by atoms with E-state index in [9.17, 15) is 14.4 Å². The van der Waals surface area contributed by atoms with Crippen molar-refractivity contribution in [2.45, 2.75) is 13.8 Å². The van der Waals surface area contributed by atoms with Crippen LogP contribution in [0.4, 0.5) is 5.69 Å². The van der Waals surface area contributed by atoms with Crippen LogP contribution in [0.5, 0.6) is 34.5 Å². The Morgan fingerprint density at radius 1 is 0.708 bits per heavy atom. The van der Waals surface area contributed by atoms with Crippen molar-refractivity contribution in [2.75, 3.05) is 39.9 Å². The van der Waals surface area contributed by atoms with Crippen LogP contribution in [0.3, 0.4) is 0 Å². The maximum atomic E-state index is 13.1. The summed E-state index contributed by atoms with van der Waals surface area (Å²) in [6.45, 7) is 4.57. The van der Waals surface area contributed by atoms with Crippen LogP contribution in [-0.2, 0) is 0 Å². The fourth-order valence-electron chi connectivity index (χ4n) is 4.43. The SMILES string of the molecule is CCOc1ccc(C(=O)Nc2cccc(C(=O)NN=Cc3cc(Br)ccc3OC(=O)c3cc(OC)c(OC)c(OC)c3)c2)cc1OCC. The van der Waals surface area contributed by atoms with Crippen LogP contribution in [-0.4, -0.2) is 58.5 Å². The van der Waals surface area contributed by atoms with Gasteiger partial charge < -0.3 is 33.7 Å². The lowest BCUT2D eigenvalue weighted by molar-refractivity contribution is 0.0733. The number of anilines is 1. The third kappa shape index (κ3) is 8.82. The first-order valence-corrected chi connectivity index (χ1v) is 15.5. The Labute approximate surface area is 286 Å². The number of nitrogens with one attached hydrogen (secondary N) is 2. The van der Waals surface area contributed by atoms with Crippen molar-refractivity contribution in [3.63, 3.8) is 0 Å². The van der Waals surface area contributed by atoms with Gasteiger partial charge in [-0.15, -0.1) is 0 Å². The van der Waals surface area contributed by atoms with E-state index in [2.05, 4.69) is 31.8 Å². The van der Waals surface area contributed by atoms with Crippen molar-refractivity contribution < 1.29 is 42.8 Å². The van der Waals surface area contributed by atoms with Crippen molar-refractivity contribution in [2.24, 2.45) is 5.10 Å². The average Bonchev–Trinajstić information content (AvgIpc) is 3.09. The van der Waals surface area contributed by atoms with Gasteiger partial charge in [-0.25, -0.2) is 10.2 Å². The molecule has 0 bridgehead atoms. The van der Waals surface area contributed by atoms with E-state index in [0.29, 0.717) is 63.2 Å². The molecule has 0 spiro atoms. The normalized spacial score (nSPS) is 10.6. The molecule has 0 saturated carbocycles. The van der Waals surface area contributed by atoms with Gasteiger partial charge in [-0.2, -0.15) is 5.10 Å². The molecule has 0 atom stereocenters. The molecule has 48 heavy (non-hydrogen) atoms. The maximum Gasteiger partial charge on any atom is 0.343 e. The fourth-order valence-corrected chi connectivity index (χ4v) is 4.81. The third-order valence-electron chi connectivity index (χ3n) is 6.63. The molecule has 0 aliphatic heterocycles. The first kappa shape index (κ1) is 35.3. The molecular weight excluding hydrogens is 686 g/mol. The first-order chi connectivity index (χ1) is 23.2. The number of benzene rings is 4. The smallest absolute Gasteiger partial charge is 0.343 e. The number of esters is 1. The maximum absolute atomic E-state index is 13.1. The lowest BCUT2D eigenvalue weighted by atomic mass is 10.1. The molecule has 0 fully saturated rings. The summed E-state index contributed by atoms with van der Waals surface area (Å²) in [7, 11) is 4.35. The molecule has 0 heterocycles. The number of halogens is 1. The highest BCUT2D eigenvalue weighted by Crippen LogP contribution is 2.38. The zero-order chi connectivity index (χ0) is 34.6. The van der Waals surface area contributed by atoms with Gasteiger partial charge in [-0.3, -0.25) is 9.59 Å². The van der Waals surface area contributed by atoms with Gasteiger partial charge in [0, 0.05) is 26.9 Å². The van der Waals surface area contributed by atoms with E-state index in [-0.39, 0.29) is 16.9 Å². The molecule has 4 rings (SSSR count). The minimum atomic E-state index is -0.687. The Hall–Kier alpha value is -5.56. The molecule has 0 saturated heterocycles. The minimum absolute atomic E-state index is 0.160. The monoisotopic (exact) mass is 719 g/mol. The summed E-state index contributed by atoms with van der Waals surface area (Å²) in [4.78, 5) is 39.0. The second-order valence-corrected chi connectivity index (χ2v) is 10.7. The standard InChI is InChI=1S/C35H34BrN3O9/c1-6-46-28-13-11-22(17-29(28)47-7-2)33(40)38-26-10-8-9-21(16-26)34(41)39-37-20-24-15-25(36)12-14-27(24)48-35(42)23-18-30(43-3)32(45-5)31(19-23)44-4/h8-20H,6-7H2,1-5H3,(H,38,40)(H,39,41). The van der Waals surface area contributed by atoms with E-state index >= 15 is 0 Å². The lowest BCUT2D eigenvalue weighted by Crippen LogP contribution is -2.18. The Morgan fingerprint density at radius 3 is 2.02 bits per heavy atom. The van der Waals surface area contributed by atoms with Gasteiger partial charge in [0.15, 0.2) is 23.0 Å². The molecule has 13 heteroatoms. The number of hydrogen-bond acceptors (Lipinski definition) is 10. The lowest BCUT2D eigenvalue weighted by Gasteiger charge is -2.14. The molecule has 0 unspecified atom stereocenters. The number of hydrazone groups is 1. The van der Waals surface area contributed by atoms with Gasteiger partial charge in [0.05, 0.1) is 46.3 Å². The fraction of sp³-hybridized carbons (Fsp3) is 0.200. The van der Waals surface area contributed by atoms with Crippen molar-refractivity contribution >= 4 is 45.6 Å². The molecule has 12 nitrogen and oxygen atoms in total. The van der Waals surface area contributed by atoms with Crippen molar-refractivity contribution in [3.8, 4) is 34.5 Å². The van der Waals surface area contributed by atoms with Crippen LogP contribution in [0, 0.1) is 0 Å². The number of methoxy groups -OCH3 is 3. The summed E-state index contributed by atoms with van der Waals surface area (Å²) >= 11 is 3.40. The van der Waals surface area contributed by atoms with E-state index in [4.69, 9.17) is 28.4 Å². The van der Waals surface area contributed by atoms with Crippen LogP contribution in [0.15, 0.2) is 82.4 Å². The molecule has 0 aliphatic carbocycles. The van der Waals surface area contributed by atoms with Crippen LogP contribution in [0.1, 0.15) is 50.5 Å². The highest BCUT2D eigenvalue weighted by molar-refractivity contribution is 9.10. The number of ether oxygens (including phenoxy) is 6.